The minimum atomic E-state index is -0.317. The Kier molecular flexibility index (Phi) is 5.93. The molecule has 1 saturated heterocycles. The number of H-pyrrole nitrogens is 1. The van der Waals surface area contributed by atoms with Gasteiger partial charge >= 0.3 is 6.09 Å². The van der Waals surface area contributed by atoms with Crippen LogP contribution in [0.15, 0.2) is 35.6 Å². The van der Waals surface area contributed by atoms with E-state index in [1.54, 1.807) is 16.7 Å². The lowest BCUT2D eigenvalue weighted by molar-refractivity contribution is -0.129. The van der Waals surface area contributed by atoms with Crippen LogP contribution in [0.5, 0.6) is 0 Å². The van der Waals surface area contributed by atoms with Crippen molar-refractivity contribution < 1.29 is 14.3 Å². The van der Waals surface area contributed by atoms with E-state index in [1.807, 2.05) is 42.1 Å². The van der Waals surface area contributed by atoms with Crippen LogP contribution in [0.1, 0.15) is 6.92 Å². The first-order chi connectivity index (χ1) is 14.6. The normalized spacial score (nSPS) is 14.3. The van der Waals surface area contributed by atoms with Gasteiger partial charge in [-0.25, -0.2) is 4.79 Å². The molecule has 4 rings (SSSR count). The van der Waals surface area contributed by atoms with Crippen LogP contribution in [0, 0.1) is 0 Å². The third-order valence-electron chi connectivity index (χ3n) is 5.15. The molecule has 2 aromatic heterocycles. The van der Waals surface area contributed by atoms with Crippen LogP contribution in [0.4, 0.5) is 4.79 Å². The number of amides is 2. The number of hydrogen-bond acceptors (Lipinski definition) is 6. The molecule has 1 aliphatic heterocycles. The third kappa shape index (κ3) is 4.00. The number of carbonyl (C=O) groups is 2. The number of thioether (sulfide) groups is 1. The highest BCUT2D eigenvalue weighted by atomic mass is 32.2. The number of carbonyl (C=O) groups excluding carboxylic acids is 2. The molecule has 0 aliphatic carbocycles. The molecule has 0 saturated carbocycles. The summed E-state index contributed by atoms with van der Waals surface area (Å²) in [4.78, 5) is 31.0. The van der Waals surface area contributed by atoms with E-state index in [4.69, 9.17) is 4.74 Å². The predicted molar refractivity (Wildman–Crippen MR) is 114 cm³/mol. The smallest absolute Gasteiger partial charge is 0.409 e. The van der Waals surface area contributed by atoms with Crippen LogP contribution in [0.25, 0.3) is 22.3 Å². The van der Waals surface area contributed by atoms with Crippen molar-refractivity contribution in [3.05, 3.63) is 30.5 Å². The summed E-state index contributed by atoms with van der Waals surface area (Å²) in [6, 6.07) is 8.04. The second-order valence-electron chi connectivity index (χ2n) is 6.97. The number of nitrogens with one attached hydrogen (secondary N) is 1. The largest absolute Gasteiger partial charge is 0.450 e. The van der Waals surface area contributed by atoms with Crippen LogP contribution in [-0.2, 0) is 16.6 Å². The molecule has 3 aromatic rings. The van der Waals surface area contributed by atoms with E-state index in [9.17, 15) is 9.59 Å². The number of ether oxygens (including phenoxy) is 1. The standard InChI is InChI=1S/C20H24N6O3S/c1-3-29-20(28)26-10-8-25(9-11-26)17(27)13-30-19-23-22-18(24(19)2)15-12-21-16-7-5-4-6-14(15)16/h4-7,12,21H,3,8-11,13H2,1-2H3. The van der Waals surface area contributed by atoms with Gasteiger partial charge in [0.1, 0.15) is 0 Å². The summed E-state index contributed by atoms with van der Waals surface area (Å²) in [6.45, 7) is 4.14. The first-order valence-corrected chi connectivity index (χ1v) is 10.8. The maximum atomic E-state index is 12.6. The summed E-state index contributed by atoms with van der Waals surface area (Å²) in [5.41, 5.74) is 2.02. The highest BCUT2D eigenvalue weighted by Crippen LogP contribution is 2.29. The minimum absolute atomic E-state index is 0.0279. The second kappa shape index (κ2) is 8.78. The number of aromatic nitrogens is 4. The molecule has 1 N–H and O–H groups in total. The molecule has 9 nitrogen and oxygen atoms in total. The SMILES string of the molecule is CCOC(=O)N1CCN(C(=O)CSc2nnc(-c3c[nH]c4ccccc34)n2C)CC1. The average Bonchev–Trinajstić information content (AvgIpc) is 3.35. The molecule has 1 fully saturated rings. The van der Waals surface area contributed by atoms with Crippen molar-refractivity contribution in [1.82, 2.24) is 29.5 Å². The van der Waals surface area contributed by atoms with Crippen molar-refractivity contribution in [2.45, 2.75) is 12.1 Å². The van der Waals surface area contributed by atoms with Gasteiger partial charge in [0.25, 0.3) is 0 Å². The van der Waals surface area contributed by atoms with Crippen LogP contribution in [-0.4, -0.2) is 80.1 Å². The van der Waals surface area contributed by atoms with E-state index in [2.05, 4.69) is 15.2 Å². The van der Waals surface area contributed by atoms with Gasteiger partial charge in [0.05, 0.1) is 12.4 Å². The molecule has 0 unspecified atom stereocenters. The molecule has 0 spiro atoms. The number of hydrogen-bond donors (Lipinski definition) is 1. The van der Waals surface area contributed by atoms with Gasteiger partial charge in [0.2, 0.25) is 5.91 Å². The van der Waals surface area contributed by atoms with E-state index in [-0.39, 0.29) is 17.8 Å². The maximum Gasteiger partial charge on any atom is 0.409 e. The number of fused-ring (bicyclic) bond motifs is 1. The summed E-state index contributed by atoms with van der Waals surface area (Å²) in [7, 11) is 1.90. The molecule has 10 heteroatoms. The Bertz CT molecular complexity index is 1050. The summed E-state index contributed by atoms with van der Waals surface area (Å²) in [5, 5.41) is 10.4. The number of rotatable bonds is 5. The number of benzene rings is 1. The lowest BCUT2D eigenvalue weighted by Gasteiger charge is -2.34. The Balaban J connectivity index is 1.36. The molecule has 158 valence electrons. The molecular formula is C20H24N6O3S. The van der Waals surface area contributed by atoms with E-state index in [0.29, 0.717) is 37.9 Å². The Labute approximate surface area is 178 Å². The van der Waals surface area contributed by atoms with Gasteiger partial charge in [-0.1, -0.05) is 30.0 Å². The molecule has 2 amide bonds. The van der Waals surface area contributed by atoms with E-state index < -0.39 is 0 Å². The number of piperazine rings is 1. The van der Waals surface area contributed by atoms with E-state index in [0.717, 1.165) is 22.3 Å². The Hall–Kier alpha value is -3.01. The molecule has 0 radical (unpaired) electrons. The van der Waals surface area contributed by atoms with Crippen molar-refractivity contribution in [3.63, 3.8) is 0 Å². The monoisotopic (exact) mass is 428 g/mol. The van der Waals surface area contributed by atoms with E-state index in [1.165, 1.54) is 11.8 Å². The second-order valence-corrected chi connectivity index (χ2v) is 7.91. The summed E-state index contributed by atoms with van der Waals surface area (Å²) in [6.07, 6.45) is 1.61. The van der Waals surface area contributed by atoms with Gasteiger partial charge in [-0.3, -0.25) is 4.79 Å². The molecule has 0 bridgehead atoms. The quantitative estimate of drug-likeness (QED) is 0.627. The lowest BCUT2D eigenvalue weighted by atomic mass is 10.1. The first kappa shape index (κ1) is 20.3. The average molecular weight is 429 g/mol. The Morgan fingerprint density at radius 3 is 2.63 bits per heavy atom. The Morgan fingerprint density at radius 2 is 1.87 bits per heavy atom. The topological polar surface area (TPSA) is 96.3 Å². The highest BCUT2D eigenvalue weighted by molar-refractivity contribution is 7.99. The van der Waals surface area contributed by atoms with Gasteiger partial charge in [-0.05, 0) is 13.0 Å². The van der Waals surface area contributed by atoms with Crippen molar-refractivity contribution in [2.75, 3.05) is 38.5 Å². The zero-order valence-electron chi connectivity index (χ0n) is 17.0. The zero-order valence-corrected chi connectivity index (χ0v) is 17.8. The fourth-order valence-corrected chi connectivity index (χ4v) is 4.32. The number of para-hydroxylation sites is 1. The molecule has 1 aliphatic rings. The molecular weight excluding hydrogens is 404 g/mol. The molecule has 3 heterocycles. The van der Waals surface area contributed by atoms with Gasteiger partial charge in [0.15, 0.2) is 11.0 Å². The maximum absolute atomic E-state index is 12.6. The van der Waals surface area contributed by atoms with Crippen LogP contribution >= 0.6 is 11.8 Å². The highest BCUT2D eigenvalue weighted by Gasteiger charge is 2.25. The van der Waals surface area contributed by atoms with Crippen LogP contribution in [0.3, 0.4) is 0 Å². The van der Waals surface area contributed by atoms with Gasteiger partial charge in [-0.15, -0.1) is 10.2 Å². The first-order valence-electron chi connectivity index (χ1n) is 9.86. The van der Waals surface area contributed by atoms with Gasteiger partial charge in [0, 0.05) is 55.9 Å². The van der Waals surface area contributed by atoms with Crippen molar-refractivity contribution in [1.29, 1.82) is 0 Å². The summed E-state index contributed by atoms with van der Waals surface area (Å²) in [5.74, 6) is 1.06. The number of aromatic amines is 1. The summed E-state index contributed by atoms with van der Waals surface area (Å²) >= 11 is 1.37. The fraction of sp³-hybridized carbons (Fsp3) is 0.400. The van der Waals surface area contributed by atoms with Gasteiger partial charge in [-0.2, -0.15) is 0 Å². The molecule has 30 heavy (non-hydrogen) atoms. The van der Waals surface area contributed by atoms with Gasteiger partial charge < -0.3 is 24.1 Å². The lowest BCUT2D eigenvalue weighted by Crippen LogP contribution is -2.51. The van der Waals surface area contributed by atoms with Crippen molar-refractivity contribution in [2.24, 2.45) is 7.05 Å². The molecule has 1 aromatic carbocycles. The van der Waals surface area contributed by atoms with Crippen LogP contribution in [0.2, 0.25) is 0 Å². The van der Waals surface area contributed by atoms with Crippen LogP contribution < -0.4 is 0 Å². The zero-order chi connectivity index (χ0) is 21.1. The fourth-order valence-electron chi connectivity index (χ4n) is 3.50. The third-order valence-corrected chi connectivity index (χ3v) is 6.15. The minimum Gasteiger partial charge on any atom is -0.450 e. The van der Waals surface area contributed by atoms with Crippen molar-refractivity contribution >= 4 is 34.7 Å². The van der Waals surface area contributed by atoms with E-state index >= 15 is 0 Å². The molecule has 0 atom stereocenters. The summed E-state index contributed by atoms with van der Waals surface area (Å²) < 4.78 is 6.92. The van der Waals surface area contributed by atoms with Crippen molar-refractivity contribution in [3.8, 4) is 11.4 Å². The predicted octanol–water partition coefficient (Wildman–Crippen LogP) is 2.36. The Morgan fingerprint density at radius 1 is 1.13 bits per heavy atom. The number of nitrogens with zero attached hydrogens (tertiary/aromatic N) is 5.